The first kappa shape index (κ1) is 17.0. The lowest BCUT2D eigenvalue weighted by Crippen LogP contribution is -2.19. The number of aromatic nitrogens is 2. The van der Waals surface area contributed by atoms with Crippen molar-refractivity contribution in [2.75, 3.05) is 5.32 Å². The lowest BCUT2D eigenvalue weighted by Gasteiger charge is -2.13. The van der Waals surface area contributed by atoms with Crippen LogP contribution in [-0.4, -0.2) is 15.3 Å². The summed E-state index contributed by atoms with van der Waals surface area (Å²) in [6.07, 6.45) is -2.36. The number of aryl methyl sites for hydroxylation is 2. The Bertz CT molecular complexity index is 944. The van der Waals surface area contributed by atoms with Crippen molar-refractivity contribution in [2.24, 2.45) is 0 Å². The van der Waals surface area contributed by atoms with E-state index in [0.717, 1.165) is 11.6 Å². The van der Waals surface area contributed by atoms with E-state index in [0.29, 0.717) is 17.8 Å². The molecule has 0 unspecified atom stereocenters. The molecule has 0 spiro atoms. The van der Waals surface area contributed by atoms with Gasteiger partial charge in [-0.2, -0.15) is 13.2 Å². The van der Waals surface area contributed by atoms with Crippen molar-refractivity contribution in [2.45, 2.75) is 26.4 Å². The summed E-state index contributed by atoms with van der Waals surface area (Å²) < 4.78 is 40.9. The Balaban J connectivity index is 2.05. The zero-order valence-electron chi connectivity index (χ0n) is 13.7. The summed E-state index contributed by atoms with van der Waals surface area (Å²) in [7, 11) is 0. The first-order valence-electron chi connectivity index (χ1n) is 7.76. The number of para-hydroxylation sites is 1. The molecule has 25 heavy (non-hydrogen) atoms. The number of anilines is 1. The van der Waals surface area contributed by atoms with Crippen LogP contribution < -0.4 is 5.32 Å². The molecule has 7 heteroatoms. The summed E-state index contributed by atoms with van der Waals surface area (Å²) in [5, 5.41) is 2.38. The Morgan fingerprint density at radius 3 is 2.64 bits per heavy atom. The van der Waals surface area contributed by atoms with Crippen LogP contribution in [0.3, 0.4) is 0 Å². The van der Waals surface area contributed by atoms with Gasteiger partial charge < -0.3 is 5.32 Å². The van der Waals surface area contributed by atoms with Crippen molar-refractivity contribution in [3.63, 3.8) is 0 Å². The number of rotatable bonds is 3. The minimum Gasteiger partial charge on any atom is -0.320 e. The van der Waals surface area contributed by atoms with Gasteiger partial charge in [0.15, 0.2) is 0 Å². The Morgan fingerprint density at radius 2 is 1.96 bits per heavy atom. The van der Waals surface area contributed by atoms with Crippen LogP contribution in [-0.2, 0) is 12.6 Å². The van der Waals surface area contributed by atoms with Gasteiger partial charge in [-0.05, 0) is 43.2 Å². The second-order valence-electron chi connectivity index (χ2n) is 5.69. The highest BCUT2D eigenvalue weighted by Crippen LogP contribution is 2.34. The highest BCUT2D eigenvalue weighted by atomic mass is 19.4. The molecule has 1 N–H and O–H groups in total. The third-order valence-corrected chi connectivity index (χ3v) is 3.88. The maximum absolute atomic E-state index is 13.1. The molecule has 0 radical (unpaired) electrons. The predicted octanol–water partition coefficient (Wildman–Crippen LogP) is 4.48. The SMILES string of the molecule is CCc1nc2cc(C)ccn2c1C(=O)Nc1ccccc1C(F)(F)F. The Kier molecular flexibility index (Phi) is 4.24. The normalized spacial score (nSPS) is 11.7. The largest absolute Gasteiger partial charge is 0.418 e. The lowest BCUT2D eigenvalue weighted by atomic mass is 10.1. The number of benzene rings is 1. The van der Waals surface area contributed by atoms with Gasteiger partial charge in [0.1, 0.15) is 11.3 Å². The molecule has 3 aromatic rings. The summed E-state index contributed by atoms with van der Waals surface area (Å²) in [5.74, 6) is -0.620. The quantitative estimate of drug-likeness (QED) is 0.759. The van der Waals surface area contributed by atoms with E-state index < -0.39 is 17.6 Å². The van der Waals surface area contributed by atoms with Crippen molar-refractivity contribution in [1.82, 2.24) is 9.38 Å². The Labute approximate surface area is 142 Å². The van der Waals surface area contributed by atoms with Gasteiger partial charge in [-0.1, -0.05) is 19.1 Å². The number of amides is 1. The molecule has 0 aliphatic heterocycles. The fourth-order valence-corrected chi connectivity index (χ4v) is 2.70. The van der Waals surface area contributed by atoms with Gasteiger partial charge >= 0.3 is 6.18 Å². The number of alkyl halides is 3. The van der Waals surface area contributed by atoms with Crippen LogP contribution in [0, 0.1) is 6.92 Å². The van der Waals surface area contributed by atoms with E-state index in [1.54, 1.807) is 10.6 Å². The number of halogens is 3. The number of nitrogens with one attached hydrogen (secondary N) is 1. The first-order valence-corrected chi connectivity index (χ1v) is 7.76. The third-order valence-electron chi connectivity index (χ3n) is 3.88. The van der Waals surface area contributed by atoms with E-state index in [9.17, 15) is 18.0 Å². The average Bonchev–Trinajstić information content (AvgIpc) is 2.92. The molecule has 0 saturated heterocycles. The fourth-order valence-electron chi connectivity index (χ4n) is 2.70. The molecule has 0 aliphatic carbocycles. The lowest BCUT2D eigenvalue weighted by molar-refractivity contribution is -0.136. The first-order chi connectivity index (χ1) is 11.8. The zero-order valence-corrected chi connectivity index (χ0v) is 13.7. The van der Waals surface area contributed by atoms with Crippen molar-refractivity contribution >= 4 is 17.2 Å². The van der Waals surface area contributed by atoms with Crippen molar-refractivity contribution in [1.29, 1.82) is 0 Å². The molecule has 0 bridgehead atoms. The number of hydrogen-bond donors (Lipinski definition) is 1. The molecule has 1 amide bonds. The van der Waals surface area contributed by atoms with Gasteiger partial charge in [0.05, 0.1) is 16.9 Å². The van der Waals surface area contributed by atoms with Gasteiger partial charge in [0.2, 0.25) is 0 Å². The summed E-state index contributed by atoms with van der Waals surface area (Å²) in [6, 6.07) is 8.54. The maximum Gasteiger partial charge on any atom is 0.418 e. The molecular formula is C18H16F3N3O. The Hall–Kier alpha value is -2.83. The number of nitrogens with zero attached hydrogens (tertiary/aromatic N) is 2. The van der Waals surface area contributed by atoms with Crippen LogP contribution in [0.1, 0.15) is 34.2 Å². The number of imidazole rings is 1. The standard InChI is InChI=1S/C18H16F3N3O/c1-3-13-16(24-9-8-11(2)10-15(24)22-13)17(25)23-14-7-5-4-6-12(14)18(19,20)21/h4-10H,3H2,1-2H3,(H,23,25). The second kappa shape index (κ2) is 6.23. The number of carbonyl (C=O) groups excluding carboxylic acids is 1. The zero-order chi connectivity index (χ0) is 18.2. The molecule has 2 heterocycles. The number of fused-ring (bicyclic) bond motifs is 1. The van der Waals surface area contributed by atoms with Crippen LogP contribution in [0.15, 0.2) is 42.6 Å². The van der Waals surface area contributed by atoms with Crippen molar-refractivity contribution in [3.05, 3.63) is 65.1 Å². The molecule has 0 saturated carbocycles. The summed E-state index contributed by atoms with van der Waals surface area (Å²) in [6.45, 7) is 3.74. The molecule has 3 rings (SSSR count). The van der Waals surface area contributed by atoms with E-state index in [1.807, 2.05) is 26.0 Å². The summed E-state index contributed by atoms with van der Waals surface area (Å²) >= 11 is 0. The monoisotopic (exact) mass is 347 g/mol. The fraction of sp³-hybridized carbons (Fsp3) is 0.222. The van der Waals surface area contributed by atoms with Crippen LogP contribution in [0.5, 0.6) is 0 Å². The van der Waals surface area contributed by atoms with Crippen molar-refractivity contribution in [3.8, 4) is 0 Å². The van der Waals surface area contributed by atoms with E-state index >= 15 is 0 Å². The van der Waals surface area contributed by atoms with E-state index in [4.69, 9.17) is 0 Å². The van der Waals surface area contributed by atoms with Gasteiger partial charge in [-0.15, -0.1) is 0 Å². The topological polar surface area (TPSA) is 46.4 Å². The molecule has 0 aliphatic rings. The number of pyridine rings is 1. The van der Waals surface area contributed by atoms with Gasteiger partial charge in [-0.25, -0.2) is 4.98 Å². The van der Waals surface area contributed by atoms with Crippen LogP contribution in [0.25, 0.3) is 5.65 Å². The van der Waals surface area contributed by atoms with Crippen LogP contribution in [0.4, 0.5) is 18.9 Å². The molecular weight excluding hydrogens is 331 g/mol. The predicted molar refractivity (Wildman–Crippen MR) is 88.7 cm³/mol. The molecule has 4 nitrogen and oxygen atoms in total. The van der Waals surface area contributed by atoms with Crippen LogP contribution in [0.2, 0.25) is 0 Å². The van der Waals surface area contributed by atoms with E-state index in [-0.39, 0.29) is 11.4 Å². The minimum absolute atomic E-state index is 0.245. The molecule has 1 aromatic carbocycles. The highest BCUT2D eigenvalue weighted by molar-refractivity contribution is 6.05. The minimum atomic E-state index is -4.55. The molecule has 0 fully saturated rings. The summed E-state index contributed by atoms with van der Waals surface area (Å²) in [5.41, 5.74) is 1.19. The van der Waals surface area contributed by atoms with E-state index in [1.165, 1.54) is 18.2 Å². The Morgan fingerprint density at radius 1 is 1.24 bits per heavy atom. The highest BCUT2D eigenvalue weighted by Gasteiger charge is 2.34. The molecule has 2 aromatic heterocycles. The van der Waals surface area contributed by atoms with Crippen LogP contribution >= 0.6 is 0 Å². The second-order valence-corrected chi connectivity index (χ2v) is 5.69. The van der Waals surface area contributed by atoms with Gasteiger partial charge in [-0.3, -0.25) is 9.20 Å². The third kappa shape index (κ3) is 3.22. The number of carbonyl (C=O) groups is 1. The van der Waals surface area contributed by atoms with E-state index in [2.05, 4.69) is 10.3 Å². The summed E-state index contributed by atoms with van der Waals surface area (Å²) in [4.78, 5) is 17.1. The average molecular weight is 347 g/mol. The smallest absolute Gasteiger partial charge is 0.320 e. The maximum atomic E-state index is 13.1. The van der Waals surface area contributed by atoms with Gasteiger partial charge in [0, 0.05) is 6.20 Å². The van der Waals surface area contributed by atoms with Gasteiger partial charge in [0.25, 0.3) is 5.91 Å². The van der Waals surface area contributed by atoms with Crippen molar-refractivity contribution < 1.29 is 18.0 Å². The molecule has 0 atom stereocenters. The number of hydrogen-bond acceptors (Lipinski definition) is 2. The molecule has 130 valence electrons.